The van der Waals surface area contributed by atoms with Crippen molar-refractivity contribution < 1.29 is 0 Å². The van der Waals surface area contributed by atoms with Crippen molar-refractivity contribution in [3.63, 3.8) is 0 Å². The van der Waals surface area contributed by atoms with Crippen molar-refractivity contribution in [2.24, 2.45) is 0 Å². The van der Waals surface area contributed by atoms with Gasteiger partial charge in [-0.1, -0.05) is 101 Å². The minimum Gasteiger partial charge on any atom is -0.0847 e. The van der Waals surface area contributed by atoms with E-state index in [0.717, 1.165) is 11.1 Å². The highest BCUT2D eigenvalue weighted by Crippen LogP contribution is 2.50. The van der Waals surface area contributed by atoms with Gasteiger partial charge >= 0.3 is 0 Å². The zero-order valence-electron chi connectivity index (χ0n) is 17.3. The second-order valence-electron chi connectivity index (χ2n) is 11.4. The quantitative estimate of drug-likeness (QED) is 0.467. The molecule has 0 aromatic heterocycles. The van der Waals surface area contributed by atoms with Gasteiger partial charge in [-0.25, -0.2) is 0 Å². The SMILES string of the molecule is C[Si](C)(C)C1=CC([Si](C)(C)C)C([Si](C)(C)C)C=C1[Si](C)(C)C. The Kier molecular flexibility index (Phi) is 5.57. The van der Waals surface area contributed by atoms with Crippen LogP contribution in [0.15, 0.2) is 22.5 Å². The molecule has 0 nitrogen and oxygen atoms in total. The van der Waals surface area contributed by atoms with Gasteiger partial charge in [0.25, 0.3) is 0 Å². The second-order valence-corrected chi connectivity index (χ2v) is 32.3. The van der Waals surface area contributed by atoms with Gasteiger partial charge in [-0.15, -0.1) is 0 Å². The molecule has 1 aliphatic rings. The third-order valence-corrected chi connectivity index (χ3v) is 14.7. The van der Waals surface area contributed by atoms with E-state index >= 15 is 0 Å². The summed E-state index contributed by atoms with van der Waals surface area (Å²) in [6.45, 7) is 30.7. The summed E-state index contributed by atoms with van der Waals surface area (Å²) < 4.78 is 0. The molecule has 0 fully saturated rings. The lowest BCUT2D eigenvalue weighted by molar-refractivity contribution is 0.921. The van der Waals surface area contributed by atoms with Gasteiger partial charge in [0.2, 0.25) is 0 Å². The van der Waals surface area contributed by atoms with Gasteiger partial charge in [0.1, 0.15) is 0 Å². The summed E-state index contributed by atoms with van der Waals surface area (Å²) in [6, 6.07) is 0. The maximum absolute atomic E-state index is 2.81. The van der Waals surface area contributed by atoms with E-state index in [9.17, 15) is 0 Å². The molecule has 0 N–H and O–H groups in total. The van der Waals surface area contributed by atoms with E-state index in [1.165, 1.54) is 0 Å². The van der Waals surface area contributed by atoms with Gasteiger partial charge in [0.05, 0.1) is 32.3 Å². The second kappa shape index (κ2) is 6.01. The molecule has 0 heterocycles. The van der Waals surface area contributed by atoms with Gasteiger partial charge in [-0.2, -0.15) is 0 Å². The van der Waals surface area contributed by atoms with Crippen LogP contribution in [0, 0.1) is 0 Å². The molecule has 0 spiro atoms. The van der Waals surface area contributed by atoms with E-state index in [1.54, 1.807) is 0 Å². The molecular formula is C18H40Si4. The summed E-state index contributed by atoms with van der Waals surface area (Å²) in [7, 11) is -4.92. The fourth-order valence-corrected chi connectivity index (χ4v) is 16.0. The third kappa shape index (κ3) is 4.68. The van der Waals surface area contributed by atoms with Crippen LogP contribution in [0.3, 0.4) is 0 Å². The Bertz CT molecular complexity index is 427. The minimum absolute atomic E-state index is 0.848. The number of hydrogen-bond donors (Lipinski definition) is 0. The van der Waals surface area contributed by atoms with Crippen LogP contribution in [0.25, 0.3) is 0 Å². The van der Waals surface area contributed by atoms with Crippen LogP contribution in [0.4, 0.5) is 0 Å². The first-order valence-electron chi connectivity index (χ1n) is 8.90. The lowest BCUT2D eigenvalue weighted by Gasteiger charge is -2.46. The van der Waals surface area contributed by atoms with Crippen LogP contribution < -0.4 is 0 Å². The standard InChI is InChI=1S/C18H40Si4/c1-19(2,3)15-13-17(21(7,8)9)18(22(10,11)12)14-16(15)20(4,5)6/h13-16H,1-12H3. The Morgan fingerprint density at radius 3 is 0.864 bits per heavy atom. The average Bonchev–Trinajstić information content (AvgIpc) is 2.22. The van der Waals surface area contributed by atoms with Crippen molar-refractivity contribution in [2.75, 3.05) is 0 Å². The fourth-order valence-electron chi connectivity index (χ4n) is 3.63. The Morgan fingerprint density at radius 2 is 0.727 bits per heavy atom. The normalized spacial score (nSPS) is 24.9. The van der Waals surface area contributed by atoms with Crippen molar-refractivity contribution in [3.05, 3.63) is 22.5 Å². The molecule has 1 rings (SSSR count). The molecule has 22 heavy (non-hydrogen) atoms. The van der Waals surface area contributed by atoms with Crippen LogP contribution in [0.5, 0.6) is 0 Å². The predicted molar refractivity (Wildman–Crippen MR) is 117 cm³/mol. The van der Waals surface area contributed by atoms with E-state index in [2.05, 4.69) is 90.7 Å². The summed E-state index contributed by atoms with van der Waals surface area (Å²) in [5, 5.41) is 3.63. The molecule has 0 saturated heterocycles. The molecule has 0 amide bonds. The summed E-state index contributed by atoms with van der Waals surface area (Å²) >= 11 is 0. The highest BCUT2D eigenvalue weighted by molar-refractivity contribution is 6.93. The molecule has 2 atom stereocenters. The van der Waals surface area contributed by atoms with Crippen molar-refractivity contribution in [3.8, 4) is 0 Å². The fraction of sp³-hybridized carbons (Fsp3) is 0.778. The van der Waals surface area contributed by atoms with E-state index < -0.39 is 32.3 Å². The molecule has 0 aliphatic heterocycles. The Morgan fingerprint density at radius 1 is 0.500 bits per heavy atom. The van der Waals surface area contributed by atoms with E-state index in [1.807, 2.05) is 10.4 Å². The van der Waals surface area contributed by atoms with Crippen molar-refractivity contribution in [2.45, 2.75) is 89.6 Å². The van der Waals surface area contributed by atoms with Gasteiger partial charge < -0.3 is 0 Å². The van der Waals surface area contributed by atoms with Crippen LogP contribution >= 0.6 is 0 Å². The number of allylic oxidation sites excluding steroid dienone is 4. The molecular weight excluding hydrogens is 329 g/mol. The Hall–Kier alpha value is 0.348. The van der Waals surface area contributed by atoms with Gasteiger partial charge in [0.15, 0.2) is 0 Å². The van der Waals surface area contributed by atoms with E-state index in [4.69, 9.17) is 0 Å². The van der Waals surface area contributed by atoms with E-state index in [-0.39, 0.29) is 0 Å². The molecule has 0 radical (unpaired) electrons. The van der Waals surface area contributed by atoms with Gasteiger partial charge in [-0.05, 0) is 11.1 Å². The maximum Gasteiger partial charge on any atom is 0.0770 e. The molecule has 0 aromatic rings. The first-order valence-corrected chi connectivity index (χ1v) is 23.1. The Balaban J connectivity index is 3.58. The molecule has 2 unspecified atom stereocenters. The highest BCUT2D eigenvalue weighted by atomic mass is 28.3. The average molecular weight is 369 g/mol. The number of rotatable bonds is 4. The van der Waals surface area contributed by atoms with E-state index in [0.29, 0.717) is 0 Å². The number of hydrogen-bond acceptors (Lipinski definition) is 0. The molecule has 0 bridgehead atoms. The van der Waals surface area contributed by atoms with Gasteiger partial charge in [-0.3, -0.25) is 0 Å². The van der Waals surface area contributed by atoms with Crippen molar-refractivity contribution in [1.82, 2.24) is 0 Å². The van der Waals surface area contributed by atoms with Crippen molar-refractivity contribution in [1.29, 1.82) is 0 Å². The van der Waals surface area contributed by atoms with Crippen LogP contribution in [-0.4, -0.2) is 32.3 Å². The molecule has 128 valence electrons. The molecule has 0 aromatic carbocycles. The third-order valence-electron chi connectivity index (χ3n) is 4.99. The zero-order chi connectivity index (χ0) is 17.7. The topological polar surface area (TPSA) is 0 Å². The van der Waals surface area contributed by atoms with Gasteiger partial charge in [0, 0.05) is 0 Å². The summed E-state index contributed by atoms with van der Waals surface area (Å²) in [5.74, 6) is 0. The lowest BCUT2D eigenvalue weighted by Crippen LogP contribution is -2.45. The smallest absolute Gasteiger partial charge is 0.0770 e. The molecule has 4 heteroatoms. The van der Waals surface area contributed by atoms with Crippen LogP contribution in [-0.2, 0) is 0 Å². The first kappa shape index (κ1) is 20.4. The van der Waals surface area contributed by atoms with Crippen LogP contribution in [0.1, 0.15) is 0 Å². The van der Waals surface area contributed by atoms with Crippen molar-refractivity contribution >= 4 is 32.3 Å². The first-order chi connectivity index (χ1) is 9.45. The summed E-state index contributed by atoms with van der Waals surface area (Å²) in [6.07, 6.45) is 5.63. The highest BCUT2D eigenvalue weighted by Gasteiger charge is 2.44. The monoisotopic (exact) mass is 368 g/mol. The Labute approximate surface area is 144 Å². The predicted octanol–water partition coefficient (Wildman–Crippen LogP) is 7.02. The van der Waals surface area contributed by atoms with Crippen LogP contribution in [0.2, 0.25) is 89.6 Å². The zero-order valence-corrected chi connectivity index (χ0v) is 21.3. The lowest BCUT2D eigenvalue weighted by atomic mass is 10.1. The summed E-state index contributed by atoms with van der Waals surface area (Å²) in [4.78, 5) is 0. The summed E-state index contributed by atoms with van der Waals surface area (Å²) in [5.41, 5.74) is 1.70. The largest absolute Gasteiger partial charge is 0.0847 e. The maximum atomic E-state index is 2.81. The molecule has 0 saturated carbocycles. The minimum atomic E-state index is -1.27. The molecule has 1 aliphatic carbocycles.